The lowest BCUT2D eigenvalue weighted by molar-refractivity contribution is -0.143. The number of urea groups is 1. The maximum atomic E-state index is 11.7. The number of amides is 2. The molecular formula is C11H15N3O3S. The highest BCUT2D eigenvalue weighted by Gasteiger charge is 2.27. The molecule has 2 unspecified atom stereocenters. The lowest BCUT2D eigenvalue weighted by Gasteiger charge is -2.27. The van der Waals surface area contributed by atoms with Crippen LogP contribution in [0.5, 0.6) is 0 Å². The van der Waals surface area contributed by atoms with E-state index < -0.39 is 5.97 Å². The molecule has 6 nitrogen and oxygen atoms in total. The van der Waals surface area contributed by atoms with E-state index in [2.05, 4.69) is 15.6 Å². The molecule has 98 valence electrons. The van der Waals surface area contributed by atoms with E-state index >= 15 is 0 Å². The fraction of sp³-hybridized carbons (Fsp3) is 0.545. The lowest BCUT2D eigenvalue weighted by Crippen LogP contribution is -2.42. The van der Waals surface area contributed by atoms with Gasteiger partial charge in [0.15, 0.2) is 5.13 Å². The Morgan fingerprint density at radius 2 is 2.28 bits per heavy atom. The first-order chi connectivity index (χ1) is 8.65. The van der Waals surface area contributed by atoms with Crippen LogP contribution in [-0.4, -0.2) is 28.1 Å². The Morgan fingerprint density at radius 3 is 2.94 bits per heavy atom. The second kappa shape index (κ2) is 5.81. The number of rotatable bonds is 3. The van der Waals surface area contributed by atoms with E-state index in [1.54, 1.807) is 11.6 Å². The number of hydrogen-bond donors (Lipinski definition) is 3. The summed E-state index contributed by atoms with van der Waals surface area (Å²) in [5.74, 6) is -1.12. The van der Waals surface area contributed by atoms with E-state index in [0.29, 0.717) is 18.0 Å². The van der Waals surface area contributed by atoms with Gasteiger partial charge in [0.05, 0.1) is 5.92 Å². The monoisotopic (exact) mass is 269 g/mol. The zero-order valence-electron chi connectivity index (χ0n) is 9.76. The third-order valence-electron chi connectivity index (χ3n) is 3.01. The van der Waals surface area contributed by atoms with Gasteiger partial charge in [-0.05, 0) is 19.3 Å². The van der Waals surface area contributed by atoms with Crippen LogP contribution in [-0.2, 0) is 4.79 Å². The van der Waals surface area contributed by atoms with Gasteiger partial charge >= 0.3 is 12.0 Å². The summed E-state index contributed by atoms with van der Waals surface area (Å²) in [6, 6.07) is -0.388. The number of carboxylic acid groups (broad SMARTS) is 1. The molecule has 0 aliphatic heterocycles. The molecule has 18 heavy (non-hydrogen) atoms. The second-order valence-electron chi connectivity index (χ2n) is 4.33. The average molecular weight is 269 g/mol. The van der Waals surface area contributed by atoms with Gasteiger partial charge in [-0.2, -0.15) is 0 Å². The second-order valence-corrected chi connectivity index (χ2v) is 5.23. The quantitative estimate of drug-likeness (QED) is 0.781. The lowest BCUT2D eigenvalue weighted by atomic mass is 9.86. The number of aliphatic carboxylic acids is 1. The molecule has 2 rings (SSSR count). The van der Waals surface area contributed by atoms with Crippen molar-refractivity contribution in [3.63, 3.8) is 0 Å². The summed E-state index contributed by atoms with van der Waals surface area (Å²) in [5, 5.41) is 16.7. The molecular weight excluding hydrogens is 254 g/mol. The summed E-state index contributed by atoms with van der Waals surface area (Å²) < 4.78 is 0. The van der Waals surface area contributed by atoms with Gasteiger partial charge in [-0.15, -0.1) is 11.3 Å². The molecule has 1 aromatic rings. The van der Waals surface area contributed by atoms with Crippen molar-refractivity contribution in [3.05, 3.63) is 11.6 Å². The molecule has 1 aliphatic carbocycles. The zero-order chi connectivity index (χ0) is 13.0. The number of aromatic nitrogens is 1. The van der Waals surface area contributed by atoms with Crippen LogP contribution in [0.2, 0.25) is 0 Å². The largest absolute Gasteiger partial charge is 0.481 e. The van der Waals surface area contributed by atoms with Gasteiger partial charge in [-0.3, -0.25) is 10.1 Å². The summed E-state index contributed by atoms with van der Waals surface area (Å²) in [4.78, 5) is 26.5. The molecule has 1 heterocycles. The summed E-state index contributed by atoms with van der Waals surface area (Å²) in [6.45, 7) is 0. The molecule has 0 spiro atoms. The van der Waals surface area contributed by atoms with E-state index in [1.165, 1.54) is 11.3 Å². The molecule has 7 heteroatoms. The predicted molar refractivity (Wildman–Crippen MR) is 67.7 cm³/mol. The van der Waals surface area contributed by atoms with Crippen LogP contribution in [0.3, 0.4) is 0 Å². The molecule has 2 amide bonds. The first-order valence-electron chi connectivity index (χ1n) is 5.85. The summed E-state index contributed by atoms with van der Waals surface area (Å²) in [6.07, 6.45) is 4.47. The smallest absolute Gasteiger partial charge is 0.321 e. The molecule has 1 aliphatic rings. The number of anilines is 1. The van der Waals surface area contributed by atoms with Gasteiger partial charge in [0.25, 0.3) is 0 Å². The van der Waals surface area contributed by atoms with E-state index in [9.17, 15) is 9.59 Å². The predicted octanol–water partition coefficient (Wildman–Crippen LogP) is 1.91. The van der Waals surface area contributed by atoms with Crippen LogP contribution in [0.25, 0.3) is 0 Å². The van der Waals surface area contributed by atoms with Crippen molar-refractivity contribution in [1.29, 1.82) is 0 Å². The highest BCUT2D eigenvalue weighted by atomic mass is 32.1. The minimum absolute atomic E-state index is 0.0696. The minimum atomic E-state index is -0.776. The average Bonchev–Trinajstić information content (AvgIpc) is 2.82. The maximum Gasteiger partial charge on any atom is 0.321 e. The molecule has 0 bridgehead atoms. The number of hydrogen-bond acceptors (Lipinski definition) is 4. The molecule has 0 aromatic carbocycles. The molecule has 0 saturated heterocycles. The Hall–Kier alpha value is -1.63. The van der Waals surface area contributed by atoms with Crippen molar-refractivity contribution in [3.8, 4) is 0 Å². The highest BCUT2D eigenvalue weighted by molar-refractivity contribution is 7.13. The molecule has 1 aromatic heterocycles. The number of nitrogens with zero attached hydrogens (tertiary/aromatic N) is 1. The molecule has 1 saturated carbocycles. The van der Waals surface area contributed by atoms with Crippen LogP contribution >= 0.6 is 11.3 Å². The van der Waals surface area contributed by atoms with Gasteiger partial charge in [-0.1, -0.05) is 6.42 Å². The van der Waals surface area contributed by atoms with Crippen molar-refractivity contribution in [1.82, 2.24) is 10.3 Å². The Kier molecular flexibility index (Phi) is 4.14. The third-order valence-corrected chi connectivity index (χ3v) is 3.70. The minimum Gasteiger partial charge on any atom is -0.481 e. The number of carbonyl (C=O) groups is 2. The Balaban J connectivity index is 1.81. The standard InChI is InChI=1S/C11H15N3O3S/c15-9(16)7-2-1-3-8(6-7)13-10(17)14-11-12-4-5-18-11/h4-5,7-8H,1-3,6H2,(H,15,16)(H2,12,13,14,17). The number of carbonyl (C=O) groups excluding carboxylic acids is 1. The maximum absolute atomic E-state index is 11.7. The SMILES string of the molecule is O=C(Nc1nccs1)NC1CCCC(C(=O)O)C1. The van der Waals surface area contributed by atoms with Gasteiger partial charge in [0.2, 0.25) is 0 Å². The van der Waals surface area contributed by atoms with Gasteiger partial charge in [0, 0.05) is 17.6 Å². The van der Waals surface area contributed by atoms with E-state index in [1.807, 2.05) is 0 Å². The number of thiazole rings is 1. The molecule has 3 N–H and O–H groups in total. The number of carboxylic acids is 1. The van der Waals surface area contributed by atoms with E-state index in [0.717, 1.165) is 12.8 Å². The van der Waals surface area contributed by atoms with Crippen LogP contribution in [0.1, 0.15) is 25.7 Å². The highest BCUT2D eigenvalue weighted by Crippen LogP contribution is 2.24. The fourth-order valence-corrected chi connectivity index (χ4v) is 2.67. The summed E-state index contributed by atoms with van der Waals surface area (Å²) in [5.41, 5.74) is 0. The van der Waals surface area contributed by atoms with Crippen molar-refractivity contribution in [2.75, 3.05) is 5.32 Å². The van der Waals surface area contributed by atoms with Crippen molar-refractivity contribution in [2.45, 2.75) is 31.7 Å². The summed E-state index contributed by atoms with van der Waals surface area (Å²) in [7, 11) is 0. The van der Waals surface area contributed by atoms with Gasteiger partial charge < -0.3 is 10.4 Å². The normalized spacial score (nSPS) is 23.3. The van der Waals surface area contributed by atoms with Gasteiger partial charge in [0.1, 0.15) is 0 Å². The van der Waals surface area contributed by atoms with Crippen molar-refractivity contribution in [2.24, 2.45) is 5.92 Å². The third kappa shape index (κ3) is 3.43. The molecule has 0 radical (unpaired) electrons. The zero-order valence-corrected chi connectivity index (χ0v) is 10.6. The Morgan fingerprint density at radius 1 is 1.44 bits per heavy atom. The van der Waals surface area contributed by atoms with Crippen molar-refractivity contribution >= 4 is 28.5 Å². The van der Waals surface area contributed by atoms with Crippen molar-refractivity contribution < 1.29 is 14.7 Å². The topological polar surface area (TPSA) is 91.3 Å². The van der Waals surface area contributed by atoms with Crippen LogP contribution in [0.15, 0.2) is 11.6 Å². The van der Waals surface area contributed by atoms with Gasteiger partial charge in [-0.25, -0.2) is 9.78 Å². The Bertz CT molecular complexity index is 421. The molecule has 1 fully saturated rings. The summed E-state index contributed by atoms with van der Waals surface area (Å²) >= 11 is 1.34. The first kappa shape index (κ1) is 12.8. The first-order valence-corrected chi connectivity index (χ1v) is 6.73. The van der Waals surface area contributed by atoms with E-state index in [-0.39, 0.29) is 18.0 Å². The molecule has 2 atom stereocenters. The van der Waals surface area contributed by atoms with Crippen LogP contribution in [0.4, 0.5) is 9.93 Å². The fourth-order valence-electron chi connectivity index (χ4n) is 2.15. The van der Waals surface area contributed by atoms with Crippen LogP contribution < -0.4 is 10.6 Å². The Labute approximate surface area is 108 Å². The number of nitrogens with one attached hydrogen (secondary N) is 2. The van der Waals surface area contributed by atoms with E-state index in [4.69, 9.17) is 5.11 Å². The van der Waals surface area contributed by atoms with Crippen LogP contribution in [0, 0.1) is 5.92 Å².